The van der Waals surface area contributed by atoms with Gasteiger partial charge in [0.1, 0.15) is 24.2 Å². The van der Waals surface area contributed by atoms with Crippen molar-refractivity contribution < 1.29 is 19.1 Å². The van der Waals surface area contributed by atoms with Crippen LogP contribution in [-0.2, 0) is 11.2 Å². The molecule has 0 aliphatic carbocycles. The third kappa shape index (κ3) is 5.89. The van der Waals surface area contributed by atoms with Crippen LogP contribution in [0.1, 0.15) is 23.6 Å². The Balaban J connectivity index is 1.70. The molecular weight excluding hydrogens is 444 g/mol. The van der Waals surface area contributed by atoms with Crippen molar-refractivity contribution in [3.63, 3.8) is 0 Å². The van der Waals surface area contributed by atoms with Crippen LogP contribution < -0.4 is 10.1 Å². The summed E-state index contributed by atoms with van der Waals surface area (Å²) in [6, 6.07) is 7.37. The monoisotopic (exact) mass is 472 g/mol. The van der Waals surface area contributed by atoms with Crippen LogP contribution >= 0.6 is 11.6 Å². The Morgan fingerprint density at radius 3 is 2.79 bits per heavy atom. The van der Waals surface area contributed by atoms with E-state index in [1.54, 1.807) is 13.1 Å². The SMILES string of the molecule is CNCC(O)COc1cc(Cl)cc(-c2nc(C[C@@H]3CCOC3)cc(-c3c(C)noc3C)n2)c1. The summed E-state index contributed by atoms with van der Waals surface area (Å²) in [6.45, 7) is 5.89. The zero-order chi connectivity index (χ0) is 23.4. The highest BCUT2D eigenvalue weighted by atomic mass is 35.5. The van der Waals surface area contributed by atoms with E-state index in [4.69, 9.17) is 35.6 Å². The zero-order valence-corrected chi connectivity index (χ0v) is 19.9. The zero-order valence-electron chi connectivity index (χ0n) is 19.1. The fourth-order valence-electron chi connectivity index (χ4n) is 4.01. The van der Waals surface area contributed by atoms with E-state index in [1.807, 2.05) is 32.0 Å². The van der Waals surface area contributed by atoms with E-state index in [1.165, 1.54) is 0 Å². The van der Waals surface area contributed by atoms with Crippen molar-refractivity contribution in [1.29, 1.82) is 0 Å². The summed E-state index contributed by atoms with van der Waals surface area (Å²) in [5, 5.41) is 17.5. The number of benzene rings is 1. The topological polar surface area (TPSA) is 103 Å². The predicted molar refractivity (Wildman–Crippen MR) is 126 cm³/mol. The summed E-state index contributed by atoms with van der Waals surface area (Å²) >= 11 is 6.39. The third-order valence-electron chi connectivity index (χ3n) is 5.60. The average molecular weight is 473 g/mol. The first-order valence-electron chi connectivity index (χ1n) is 11.1. The van der Waals surface area contributed by atoms with Crippen molar-refractivity contribution >= 4 is 11.6 Å². The molecule has 3 aromatic rings. The number of aliphatic hydroxyl groups excluding tert-OH is 1. The molecule has 2 N–H and O–H groups in total. The average Bonchev–Trinajstić information content (AvgIpc) is 3.41. The molecule has 0 radical (unpaired) electrons. The van der Waals surface area contributed by atoms with Gasteiger partial charge in [-0.05, 0) is 63.9 Å². The molecule has 0 bridgehead atoms. The minimum atomic E-state index is -0.628. The lowest BCUT2D eigenvalue weighted by Gasteiger charge is -2.14. The van der Waals surface area contributed by atoms with Crippen molar-refractivity contribution in [1.82, 2.24) is 20.4 Å². The normalized spacial score (nSPS) is 16.8. The molecule has 1 fully saturated rings. The highest BCUT2D eigenvalue weighted by molar-refractivity contribution is 6.31. The number of nitrogens with one attached hydrogen (secondary N) is 1. The minimum absolute atomic E-state index is 0.146. The molecule has 176 valence electrons. The lowest BCUT2D eigenvalue weighted by atomic mass is 10.0. The summed E-state index contributed by atoms with van der Waals surface area (Å²) in [4.78, 5) is 9.69. The smallest absolute Gasteiger partial charge is 0.160 e. The van der Waals surface area contributed by atoms with Gasteiger partial charge in [0.2, 0.25) is 0 Å². The molecule has 0 amide bonds. The van der Waals surface area contributed by atoms with Gasteiger partial charge < -0.3 is 24.4 Å². The maximum absolute atomic E-state index is 9.96. The molecule has 1 aromatic carbocycles. The van der Waals surface area contributed by atoms with Gasteiger partial charge in [-0.15, -0.1) is 0 Å². The van der Waals surface area contributed by atoms with E-state index in [0.717, 1.165) is 54.3 Å². The third-order valence-corrected chi connectivity index (χ3v) is 5.82. The van der Waals surface area contributed by atoms with Crippen LogP contribution in [0.25, 0.3) is 22.6 Å². The minimum Gasteiger partial charge on any atom is -0.491 e. The Morgan fingerprint density at radius 1 is 1.24 bits per heavy atom. The highest BCUT2D eigenvalue weighted by Crippen LogP contribution is 2.32. The molecular formula is C24H29ClN4O4. The van der Waals surface area contributed by atoms with E-state index >= 15 is 0 Å². The first-order valence-corrected chi connectivity index (χ1v) is 11.5. The fourth-order valence-corrected chi connectivity index (χ4v) is 4.24. The van der Waals surface area contributed by atoms with Crippen molar-refractivity contribution in [2.24, 2.45) is 5.92 Å². The van der Waals surface area contributed by atoms with Crippen LogP contribution in [0.15, 0.2) is 28.8 Å². The fraction of sp³-hybridized carbons (Fsp3) is 0.458. The summed E-state index contributed by atoms with van der Waals surface area (Å²) in [6.07, 6.45) is 1.19. The van der Waals surface area contributed by atoms with Crippen LogP contribution in [-0.4, -0.2) is 59.7 Å². The van der Waals surface area contributed by atoms with Gasteiger partial charge in [-0.3, -0.25) is 0 Å². The van der Waals surface area contributed by atoms with Crippen LogP contribution in [0.2, 0.25) is 5.02 Å². The second-order valence-corrected chi connectivity index (χ2v) is 8.84. The molecule has 1 aliphatic heterocycles. The van der Waals surface area contributed by atoms with Crippen LogP contribution in [0, 0.1) is 19.8 Å². The molecule has 1 unspecified atom stereocenters. The van der Waals surface area contributed by atoms with E-state index in [0.29, 0.717) is 34.8 Å². The Bertz CT molecular complexity index is 1080. The van der Waals surface area contributed by atoms with Crippen LogP contribution in [0.5, 0.6) is 5.75 Å². The quantitative estimate of drug-likeness (QED) is 0.487. The number of aromatic nitrogens is 3. The van der Waals surface area contributed by atoms with Gasteiger partial charge in [0.05, 0.1) is 17.0 Å². The maximum Gasteiger partial charge on any atom is 0.160 e. The van der Waals surface area contributed by atoms with E-state index < -0.39 is 6.10 Å². The van der Waals surface area contributed by atoms with E-state index in [-0.39, 0.29) is 6.61 Å². The summed E-state index contributed by atoms with van der Waals surface area (Å²) in [5.74, 6) is 2.23. The van der Waals surface area contributed by atoms with Gasteiger partial charge in [0.15, 0.2) is 5.82 Å². The molecule has 8 nitrogen and oxygen atoms in total. The predicted octanol–water partition coefficient (Wildman–Crippen LogP) is 3.61. The molecule has 0 saturated carbocycles. The largest absolute Gasteiger partial charge is 0.491 e. The number of hydrogen-bond donors (Lipinski definition) is 2. The van der Waals surface area contributed by atoms with Crippen molar-refractivity contribution in [3.05, 3.63) is 46.4 Å². The second-order valence-electron chi connectivity index (χ2n) is 8.40. The standard InChI is InChI=1S/C24H29ClN4O4/c1-14-23(15(2)33-29-14)22-10-19(6-16-4-5-31-12-16)27-24(28-22)17-7-18(25)9-21(8-17)32-13-20(30)11-26-3/h7-10,16,20,26,30H,4-6,11-13H2,1-3H3/t16-,20?/m0/s1. The first-order chi connectivity index (χ1) is 15.9. The second kappa shape index (κ2) is 10.6. The van der Waals surface area contributed by atoms with Gasteiger partial charge in [-0.1, -0.05) is 16.8 Å². The van der Waals surface area contributed by atoms with E-state index in [9.17, 15) is 5.11 Å². The number of halogens is 1. The molecule has 2 atom stereocenters. The van der Waals surface area contributed by atoms with E-state index in [2.05, 4.69) is 10.5 Å². The lowest BCUT2D eigenvalue weighted by Crippen LogP contribution is -2.29. The molecule has 3 heterocycles. The molecule has 9 heteroatoms. The van der Waals surface area contributed by atoms with Gasteiger partial charge in [0, 0.05) is 36.0 Å². The lowest BCUT2D eigenvalue weighted by molar-refractivity contribution is 0.108. The highest BCUT2D eigenvalue weighted by Gasteiger charge is 2.21. The van der Waals surface area contributed by atoms with Gasteiger partial charge in [-0.2, -0.15) is 0 Å². The molecule has 2 aromatic heterocycles. The Morgan fingerprint density at radius 2 is 2.09 bits per heavy atom. The molecule has 4 rings (SSSR count). The molecule has 33 heavy (non-hydrogen) atoms. The van der Waals surface area contributed by atoms with Crippen molar-refractivity contribution in [2.45, 2.75) is 32.8 Å². The van der Waals surface area contributed by atoms with Crippen molar-refractivity contribution in [2.75, 3.05) is 33.4 Å². The number of aryl methyl sites for hydroxylation is 2. The molecule has 1 saturated heterocycles. The van der Waals surface area contributed by atoms with Gasteiger partial charge in [-0.25, -0.2) is 9.97 Å². The summed E-state index contributed by atoms with van der Waals surface area (Å²) in [5.41, 5.74) is 4.07. The number of nitrogens with zero attached hydrogens (tertiary/aromatic N) is 3. The number of likely N-dealkylation sites (N-methyl/N-ethyl adjacent to an activating group) is 1. The number of ether oxygens (including phenoxy) is 2. The summed E-state index contributed by atoms with van der Waals surface area (Å²) in [7, 11) is 1.78. The summed E-state index contributed by atoms with van der Waals surface area (Å²) < 4.78 is 16.7. The number of aliphatic hydroxyl groups is 1. The maximum atomic E-state index is 9.96. The number of rotatable bonds is 9. The Labute approximate surface area is 198 Å². The molecule has 0 spiro atoms. The van der Waals surface area contributed by atoms with Gasteiger partial charge >= 0.3 is 0 Å². The molecule has 1 aliphatic rings. The van der Waals surface area contributed by atoms with Crippen LogP contribution in [0.4, 0.5) is 0 Å². The Hall–Kier alpha value is -2.52. The van der Waals surface area contributed by atoms with Crippen molar-refractivity contribution in [3.8, 4) is 28.4 Å². The van der Waals surface area contributed by atoms with Gasteiger partial charge in [0.25, 0.3) is 0 Å². The Kier molecular flexibility index (Phi) is 7.60. The number of hydrogen-bond acceptors (Lipinski definition) is 8. The van der Waals surface area contributed by atoms with Crippen LogP contribution in [0.3, 0.4) is 0 Å². The first kappa shape index (κ1) is 23.6.